The van der Waals surface area contributed by atoms with Crippen molar-refractivity contribution in [2.24, 2.45) is 0 Å². The highest BCUT2D eigenvalue weighted by molar-refractivity contribution is 6.03. The lowest BCUT2D eigenvalue weighted by molar-refractivity contribution is -0.115. The zero-order valence-corrected chi connectivity index (χ0v) is 10.5. The predicted molar refractivity (Wildman–Crippen MR) is 67.2 cm³/mol. The van der Waals surface area contributed by atoms with Gasteiger partial charge in [0.05, 0.1) is 17.9 Å². The fraction of sp³-hybridized carbons (Fsp3) is 0.357. The summed E-state index contributed by atoms with van der Waals surface area (Å²) in [5.74, 6) is -0.293. The quantitative estimate of drug-likeness (QED) is 0.766. The van der Waals surface area contributed by atoms with E-state index < -0.39 is 5.97 Å². The number of rotatable bonds is 3. The fourth-order valence-corrected chi connectivity index (χ4v) is 1.95. The largest absolute Gasteiger partial charge is 0.462 e. The highest BCUT2D eigenvalue weighted by Gasteiger charge is 2.19. The number of carbonyl (C=O) groups is 2. The number of Topliss-reactive ketones (excluding diaryl/α,β-unsaturated/α-hetero) is 1. The minimum absolute atomic E-state index is 0.104. The lowest BCUT2D eigenvalue weighted by atomic mass is 9.92. The molecule has 0 radical (unpaired) electrons. The van der Waals surface area contributed by atoms with Gasteiger partial charge in [0.1, 0.15) is 0 Å². The maximum Gasteiger partial charge on any atom is 0.339 e. The molecule has 0 spiro atoms. The standard InChI is InChI=1S/C14H15NO3/c1-3-9-6-12-10(7-13(9)16)5-11(8-15-12)14(17)18-4-2/h5-6,8H,3-4,7H2,1-2H3. The molecular weight excluding hydrogens is 230 g/mol. The second-order valence-electron chi connectivity index (χ2n) is 4.11. The van der Waals surface area contributed by atoms with Crippen LogP contribution in [0.3, 0.4) is 0 Å². The van der Waals surface area contributed by atoms with Crippen LogP contribution >= 0.6 is 0 Å². The third-order valence-corrected chi connectivity index (χ3v) is 2.91. The molecule has 4 heteroatoms. The van der Waals surface area contributed by atoms with Crippen LogP contribution in [0.15, 0.2) is 17.8 Å². The zero-order chi connectivity index (χ0) is 13.1. The molecule has 1 heterocycles. The number of nitrogens with zero attached hydrogens (tertiary/aromatic N) is 1. The number of fused-ring (bicyclic) bond motifs is 1. The van der Waals surface area contributed by atoms with Gasteiger partial charge in [0.25, 0.3) is 0 Å². The molecule has 18 heavy (non-hydrogen) atoms. The smallest absolute Gasteiger partial charge is 0.339 e. The number of ketones is 1. The Bertz CT molecular complexity index is 532. The summed E-state index contributed by atoms with van der Waals surface area (Å²) in [5, 5.41) is 0. The molecule has 1 aliphatic rings. The first kappa shape index (κ1) is 12.5. The average Bonchev–Trinajstić information content (AvgIpc) is 2.37. The van der Waals surface area contributed by atoms with Gasteiger partial charge in [-0.2, -0.15) is 0 Å². The van der Waals surface area contributed by atoms with Crippen LogP contribution in [-0.2, 0) is 16.0 Å². The Kier molecular flexibility index (Phi) is 3.55. The minimum atomic E-state index is -0.398. The maximum atomic E-state index is 11.8. The van der Waals surface area contributed by atoms with Crippen molar-refractivity contribution in [2.75, 3.05) is 6.61 Å². The van der Waals surface area contributed by atoms with Crippen molar-refractivity contribution in [3.63, 3.8) is 0 Å². The number of carbonyl (C=O) groups excluding carboxylic acids is 2. The summed E-state index contributed by atoms with van der Waals surface area (Å²) in [6, 6.07) is 1.70. The molecule has 4 nitrogen and oxygen atoms in total. The SMILES string of the molecule is CCOC(=O)c1cnc2c(c1)CC(=O)C(CC)=C2. The molecule has 0 amide bonds. The van der Waals surface area contributed by atoms with Gasteiger partial charge in [0.2, 0.25) is 0 Å². The summed E-state index contributed by atoms with van der Waals surface area (Å²) in [6.45, 7) is 4.03. The third kappa shape index (κ3) is 2.32. The Labute approximate surface area is 106 Å². The van der Waals surface area contributed by atoms with Gasteiger partial charge in [0.15, 0.2) is 5.78 Å². The van der Waals surface area contributed by atoms with Crippen molar-refractivity contribution in [2.45, 2.75) is 26.7 Å². The number of hydrogen-bond acceptors (Lipinski definition) is 4. The van der Waals surface area contributed by atoms with E-state index in [1.165, 1.54) is 6.20 Å². The number of aromatic nitrogens is 1. The summed E-state index contributed by atoms with van der Waals surface area (Å²) in [6.07, 6.45) is 4.32. The molecule has 0 unspecified atom stereocenters. The van der Waals surface area contributed by atoms with Gasteiger partial charge >= 0.3 is 5.97 Å². The van der Waals surface area contributed by atoms with E-state index in [9.17, 15) is 9.59 Å². The van der Waals surface area contributed by atoms with Gasteiger partial charge in [-0.1, -0.05) is 6.92 Å². The van der Waals surface area contributed by atoms with Gasteiger partial charge in [-0.05, 0) is 36.6 Å². The number of allylic oxidation sites excluding steroid dienone is 1. The Balaban J connectivity index is 2.35. The van der Waals surface area contributed by atoms with Crippen molar-refractivity contribution < 1.29 is 14.3 Å². The van der Waals surface area contributed by atoms with Gasteiger partial charge in [-0.3, -0.25) is 9.78 Å². The van der Waals surface area contributed by atoms with Crippen molar-refractivity contribution >= 4 is 17.8 Å². The third-order valence-electron chi connectivity index (χ3n) is 2.91. The topological polar surface area (TPSA) is 56.3 Å². The monoisotopic (exact) mass is 245 g/mol. The first-order valence-electron chi connectivity index (χ1n) is 6.05. The molecule has 0 atom stereocenters. The van der Waals surface area contributed by atoms with E-state index in [0.29, 0.717) is 25.0 Å². The van der Waals surface area contributed by atoms with Crippen molar-refractivity contribution in [1.82, 2.24) is 4.98 Å². The summed E-state index contributed by atoms with van der Waals surface area (Å²) in [5.41, 5.74) is 2.76. The normalized spacial score (nSPS) is 13.9. The van der Waals surface area contributed by atoms with Crippen LogP contribution in [-0.4, -0.2) is 23.3 Å². The fourth-order valence-electron chi connectivity index (χ4n) is 1.95. The molecule has 0 saturated carbocycles. The number of pyridine rings is 1. The Morgan fingerprint density at radius 3 is 2.89 bits per heavy atom. The van der Waals surface area contributed by atoms with Crippen LogP contribution in [0.4, 0.5) is 0 Å². The first-order chi connectivity index (χ1) is 8.65. The molecule has 1 aliphatic carbocycles. The van der Waals surface area contributed by atoms with E-state index in [1.807, 2.05) is 6.92 Å². The Hall–Kier alpha value is -1.97. The Morgan fingerprint density at radius 1 is 1.44 bits per heavy atom. The molecule has 1 aromatic heterocycles. The molecular formula is C14H15NO3. The van der Waals surface area contributed by atoms with Crippen LogP contribution in [0.2, 0.25) is 0 Å². The molecule has 1 aromatic rings. The zero-order valence-electron chi connectivity index (χ0n) is 10.5. The maximum absolute atomic E-state index is 11.8. The molecule has 0 saturated heterocycles. The molecule has 0 N–H and O–H groups in total. The van der Waals surface area contributed by atoms with Gasteiger partial charge in [-0.15, -0.1) is 0 Å². The molecule has 94 valence electrons. The summed E-state index contributed by atoms with van der Waals surface area (Å²) < 4.78 is 4.91. The first-order valence-corrected chi connectivity index (χ1v) is 6.05. The van der Waals surface area contributed by atoms with Gasteiger partial charge in [0, 0.05) is 12.6 Å². The van der Waals surface area contributed by atoms with E-state index in [4.69, 9.17) is 4.74 Å². The lowest BCUT2D eigenvalue weighted by Gasteiger charge is -2.14. The summed E-state index contributed by atoms with van der Waals surface area (Å²) >= 11 is 0. The molecule has 0 bridgehead atoms. The lowest BCUT2D eigenvalue weighted by Crippen LogP contribution is -2.14. The van der Waals surface area contributed by atoms with Crippen LogP contribution < -0.4 is 0 Å². The van der Waals surface area contributed by atoms with E-state index in [1.54, 1.807) is 19.1 Å². The van der Waals surface area contributed by atoms with E-state index >= 15 is 0 Å². The predicted octanol–water partition coefficient (Wildman–Crippen LogP) is 2.18. The highest BCUT2D eigenvalue weighted by atomic mass is 16.5. The van der Waals surface area contributed by atoms with Crippen LogP contribution in [0.1, 0.15) is 41.9 Å². The average molecular weight is 245 g/mol. The molecule has 0 fully saturated rings. The van der Waals surface area contributed by atoms with Crippen LogP contribution in [0.25, 0.3) is 6.08 Å². The van der Waals surface area contributed by atoms with E-state index in [2.05, 4.69) is 4.98 Å². The number of esters is 1. The Morgan fingerprint density at radius 2 is 2.22 bits per heavy atom. The van der Waals surface area contributed by atoms with Crippen molar-refractivity contribution in [3.8, 4) is 0 Å². The van der Waals surface area contributed by atoms with Gasteiger partial charge in [-0.25, -0.2) is 4.79 Å². The minimum Gasteiger partial charge on any atom is -0.462 e. The van der Waals surface area contributed by atoms with Gasteiger partial charge < -0.3 is 4.74 Å². The number of hydrogen-bond donors (Lipinski definition) is 0. The second kappa shape index (κ2) is 5.12. The van der Waals surface area contributed by atoms with Crippen LogP contribution in [0.5, 0.6) is 0 Å². The number of ether oxygens (including phenoxy) is 1. The summed E-state index contributed by atoms with van der Waals surface area (Å²) in [7, 11) is 0. The summed E-state index contributed by atoms with van der Waals surface area (Å²) in [4.78, 5) is 27.6. The van der Waals surface area contributed by atoms with Crippen molar-refractivity contribution in [3.05, 3.63) is 34.7 Å². The molecule has 0 aliphatic heterocycles. The highest BCUT2D eigenvalue weighted by Crippen LogP contribution is 2.22. The molecule has 2 rings (SSSR count). The van der Waals surface area contributed by atoms with Crippen molar-refractivity contribution in [1.29, 1.82) is 0 Å². The molecule has 0 aromatic carbocycles. The van der Waals surface area contributed by atoms with E-state index in [0.717, 1.165) is 16.8 Å². The van der Waals surface area contributed by atoms with E-state index in [-0.39, 0.29) is 5.78 Å². The van der Waals surface area contributed by atoms with Crippen LogP contribution in [0, 0.1) is 0 Å². The second-order valence-corrected chi connectivity index (χ2v) is 4.11.